The Bertz CT molecular complexity index is 8.00. The van der Waals surface area contributed by atoms with Crippen molar-refractivity contribution in [1.29, 1.82) is 0 Å². The van der Waals surface area contributed by atoms with Crippen LogP contribution >= 0.6 is 0 Å². The molecule has 4 heteroatoms. The summed E-state index contributed by atoms with van der Waals surface area (Å²) in [7, 11) is 0. The van der Waals surface area contributed by atoms with Crippen LogP contribution in [0.25, 0.3) is 0 Å². The van der Waals surface area contributed by atoms with E-state index in [9.17, 15) is 0 Å². The summed E-state index contributed by atoms with van der Waals surface area (Å²) in [5.74, 6) is 0. The summed E-state index contributed by atoms with van der Waals surface area (Å²) in [4.78, 5) is 0. The molecule has 0 fully saturated rings. The van der Waals surface area contributed by atoms with E-state index in [2.05, 4.69) is 0 Å². The molecule has 0 N–H and O–H groups in total. The minimum atomic E-state index is 0. The fourth-order valence-corrected chi connectivity index (χ4v) is 0. The second-order valence-electron chi connectivity index (χ2n) is 0. The quantitative estimate of drug-likeness (QED) is 0.425. The summed E-state index contributed by atoms with van der Waals surface area (Å²) < 4.78 is 0. The number of hydrogen-bond donors (Lipinski definition) is 0. The van der Waals surface area contributed by atoms with E-state index in [0.717, 1.165) is 0 Å². The fourth-order valence-electron chi connectivity index (χ4n) is 0. The van der Waals surface area contributed by atoms with Crippen LogP contribution in [0.3, 0.4) is 0 Å². The average Bonchev–Trinajstić information content (AvgIpc) is 0. The summed E-state index contributed by atoms with van der Waals surface area (Å²) >= 11 is 0. The van der Waals surface area contributed by atoms with E-state index in [0.29, 0.717) is 0 Å². The van der Waals surface area contributed by atoms with Gasteiger partial charge in [0.05, 0.1) is 0 Å². The second kappa shape index (κ2) is 20.7. The first-order valence-electron chi connectivity index (χ1n) is 0. The molecular formula is AlFeSiZn. The van der Waals surface area contributed by atoms with Gasteiger partial charge in [0, 0.05) is 64.9 Å². The maximum atomic E-state index is 0. The first kappa shape index (κ1) is 39.4. The molecular weight excluding hydrogens is 176 g/mol. The topological polar surface area (TPSA) is 0 Å². The molecule has 0 spiro atoms. The Morgan fingerprint density at radius 2 is 1.00 bits per heavy atom. The molecule has 0 nitrogen and oxygen atoms in total. The van der Waals surface area contributed by atoms with Crippen molar-refractivity contribution in [1.82, 2.24) is 0 Å². The fraction of sp³-hybridized carbons (Fsp3) is 0. The molecule has 0 atom stereocenters. The number of hydrogen-bond acceptors (Lipinski definition) is 0. The predicted octanol–water partition coefficient (Wildman–Crippen LogP) is -0.767. The van der Waals surface area contributed by atoms with E-state index in [-0.39, 0.29) is 64.9 Å². The van der Waals surface area contributed by atoms with Gasteiger partial charge in [-0.3, -0.25) is 0 Å². The van der Waals surface area contributed by atoms with Crippen LogP contribution in [0.1, 0.15) is 0 Å². The Balaban J connectivity index is 0. The van der Waals surface area contributed by atoms with Crippen molar-refractivity contribution in [2.24, 2.45) is 0 Å². The maximum Gasteiger partial charge on any atom is 0 e. The Hall–Kier alpha value is 1.89. The third-order valence-electron chi connectivity index (χ3n) is 0. The molecule has 0 saturated carbocycles. The molecule has 0 aromatic carbocycles. The van der Waals surface area contributed by atoms with Crippen LogP contribution in [-0.2, 0) is 36.5 Å². The predicted molar refractivity (Wildman–Crippen MR) is 11.5 cm³/mol. The van der Waals surface area contributed by atoms with Gasteiger partial charge in [-0.25, -0.2) is 0 Å². The van der Waals surface area contributed by atoms with Crippen LogP contribution in [0.15, 0.2) is 0 Å². The van der Waals surface area contributed by atoms with E-state index < -0.39 is 0 Å². The van der Waals surface area contributed by atoms with E-state index in [1.807, 2.05) is 0 Å². The van der Waals surface area contributed by atoms with Crippen molar-refractivity contribution < 1.29 is 36.5 Å². The van der Waals surface area contributed by atoms with Gasteiger partial charge in [-0.2, -0.15) is 0 Å². The number of rotatable bonds is 0. The van der Waals surface area contributed by atoms with Gasteiger partial charge in [0.25, 0.3) is 0 Å². The average molecular weight is 176 g/mol. The molecule has 0 aromatic rings. The van der Waals surface area contributed by atoms with Crippen LogP contribution in [0.4, 0.5) is 0 Å². The molecule has 0 amide bonds. The van der Waals surface area contributed by atoms with E-state index >= 15 is 0 Å². The van der Waals surface area contributed by atoms with Crippen LogP contribution in [0.5, 0.6) is 0 Å². The summed E-state index contributed by atoms with van der Waals surface area (Å²) in [6, 6.07) is 0. The molecule has 0 unspecified atom stereocenters. The monoisotopic (exact) mass is 175 g/mol. The SMILES string of the molecule is [Al].[Fe].[Si].[Zn]. The van der Waals surface area contributed by atoms with Crippen molar-refractivity contribution in [3.8, 4) is 0 Å². The van der Waals surface area contributed by atoms with Gasteiger partial charge in [-0.15, -0.1) is 0 Å². The van der Waals surface area contributed by atoms with Crippen molar-refractivity contribution in [2.75, 3.05) is 0 Å². The Labute approximate surface area is 64.5 Å². The summed E-state index contributed by atoms with van der Waals surface area (Å²) in [5.41, 5.74) is 0. The zero-order valence-electron chi connectivity index (χ0n) is 2.14. The van der Waals surface area contributed by atoms with Crippen molar-refractivity contribution in [2.45, 2.75) is 0 Å². The van der Waals surface area contributed by atoms with Crippen LogP contribution in [-0.4, -0.2) is 28.3 Å². The summed E-state index contributed by atoms with van der Waals surface area (Å²) in [6.45, 7) is 0. The maximum absolute atomic E-state index is 0. The van der Waals surface area contributed by atoms with Gasteiger partial charge < -0.3 is 0 Å². The minimum Gasteiger partial charge on any atom is 0 e. The zero-order chi connectivity index (χ0) is 0. The van der Waals surface area contributed by atoms with Gasteiger partial charge in [-0.05, 0) is 0 Å². The molecule has 4 heavy (non-hydrogen) atoms. The standard InChI is InChI=1S/Al.Fe.Si.Zn. The van der Waals surface area contributed by atoms with E-state index in [1.54, 1.807) is 0 Å². The Morgan fingerprint density at radius 3 is 1.00 bits per heavy atom. The van der Waals surface area contributed by atoms with Gasteiger partial charge in [0.2, 0.25) is 0 Å². The largest absolute Gasteiger partial charge is 0 e. The molecule has 0 saturated heterocycles. The summed E-state index contributed by atoms with van der Waals surface area (Å²) in [6.07, 6.45) is 0. The molecule has 0 bridgehead atoms. The summed E-state index contributed by atoms with van der Waals surface area (Å²) in [5, 5.41) is 0. The molecule has 0 heterocycles. The van der Waals surface area contributed by atoms with Crippen LogP contribution in [0, 0.1) is 0 Å². The second-order valence-corrected chi connectivity index (χ2v) is 0. The van der Waals surface area contributed by atoms with Crippen LogP contribution in [0.2, 0.25) is 0 Å². The first-order valence-corrected chi connectivity index (χ1v) is 0. The van der Waals surface area contributed by atoms with Gasteiger partial charge in [-0.1, -0.05) is 0 Å². The molecule has 0 aliphatic carbocycles. The zero-order valence-corrected chi connectivity index (χ0v) is 8.36. The molecule has 0 aliphatic rings. The van der Waals surface area contributed by atoms with E-state index in [4.69, 9.17) is 0 Å². The molecule has 0 aromatic heterocycles. The van der Waals surface area contributed by atoms with E-state index in [1.165, 1.54) is 0 Å². The Morgan fingerprint density at radius 1 is 1.00 bits per heavy atom. The normalized spacial score (nSPS) is 0. The molecule has 7 radical (unpaired) electrons. The van der Waals surface area contributed by atoms with Gasteiger partial charge in [0.1, 0.15) is 0 Å². The van der Waals surface area contributed by atoms with Crippen molar-refractivity contribution in [3.05, 3.63) is 0 Å². The third-order valence-corrected chi connectivity index (χ3v) is 0. The first-order chi connectivity index (χ1) is 0. The Kier molecular flexibility index (Phi) is 204. The molecule has 17 valence electrons. The molecule has 0 aliphatic heterocycles. The minimum absolute atomic E-state index is 0. The van der Waals surface area contributed by atoms with Crippen LogP contribution < -0.4 is 0 Å². The van der Waals surface area contributed by atoms with Gasteiger partial charge in [0.15, 0.2) is 0 Å². The van der Waals surface area contributed by atoms with Gasteiger partial charge >= 0.3 is 0 Å². The molecule has 0 rings (SSSR count). The van der Waals surface area contributed by atoms with Crippen molar-refractivity contribution >= 4 is 28.3 Å². The van der Waals surface area contributed by atoms with Crippen molar-refractivity contribution in [3.63, 3.8) is 0 Å². The smallest absolute Gasteiger partial charge is 0 e. The third kappa shape index (κ3) is 9.09.